The number of hydrogen-bond donors (Lipinski definition) is 0. The molecule has 0 spiro atoms. The van der Waals surface area contributed by atoms with Crippen LogP contribution in [0.1, 0.15) is 29.4 Å². The van der Waals surface area contributed by atoms with Crippen LogP contribution in [-0.2, 0) is 15.0 Å². The molecule has 5 nitrogen and oxygen atoms in total. The average molecular weight is 614 g/mol. The second kappa shape index (κ2) is 7.04. The summed E-state index contributed by atoms with van der Waals surface area (Å²) in [5.41, 5.74) is 5.14. The Morgan fingerprint density at radius 1 is 0.909 bits per heavy atom. The third-order valence-corrected chi connectivity index (χ3v) is 10.7. The standard InChI is InChI=1S/C26H21N3O2SeTe/c1-26(2)18-10-7-9-16-15-8-5-6-11-20(15)29(21(16)18)24-19(26)13-14(32-24)12-17-22(30)27(3)25(33)28(4)23(17)31/h5-13H,1-4H3. The van der Waals surface area contributed by atoms with Gasteiger partial charge in [0.2, 0.25) is 0 Å². The number of nitrogens with zero attached hydrogens (tertiary/aromatic N) is 3. The zero-order valence-electron chi connectivity index (χ0n) is 18.7. The first kappa shape index (κ1) is 21.1. The van der Waals surface area contributed by atoms with Crippen LogP contribution in [0.4, 0.5) is 0 Å². The van der Waals surface area contributed by atoms with Gasteiger partial charge in [-0.25, -0.2) is 0 Å². The summed E-state index contributed by atoms with van der Waals surface area (Å²) in [6.45, 7) is 4.55. The minimum absolute atomic E-state index is 0.0314. The minimum atomic E-state index is -0.240. The average Bonchev–Trinajstić information content (AvgIpc) is 3.38. The van der Waals surface area contributed by atoms with E-state index in [0.717, 1.165) is 4.44 Å². The van der Waals surface area contributed by atoms with Crippen molar-refractivity contribution in [3.05, 3.63) is 69.7 Å². The Kier molecular flexibility index (Phi) is 4.51. The van der Waals surface area contributed by atoms with E-state index in [1.54, 1.807) is 45.7 Å². The van der Waals surface area contributed by atoms with Crippen molar-refractivity contribution >= 4 is 79.8 Å². The van der Waals surface area contributed by atoms with Gasteiger partial charge in [0, 0.05) is 0 Å². The van der Waals surface area contributed by atoms with Crippen molar-refractivity contribution in [1.82, 2.24) is 14.4 Å². The quantitative estimate of drug-likeness (QED) is 0.188. The molecule has 2 aliphatic heterocycles. The number of para-hydroxylation sites is 2. The van der Waals surface area contributed by atoms with Gasteiger partial charge in [-0.05, 0) is 0 Å². The van der Waals surface area contributed by atoms with Gasteiger partial charge in [0.15, 0.2) is 0 Å². The molecule has 6 rings (SSSR count). The molecular weight excluding hydrogens is 593 g/mol. The zero-order chi connectivity index (χ0) is 23.2. The summed E-state index contributed by atoms with van der Waals surface area (Å²) >= 11 is 1.67. The summed E-state index contributed by atoms with van der Waals surface area (Å²) in [7, 11) is 3.44. The van der Waals surface area contributed by atoms with Crippen LogP contribution < -0.4 is 0 Å². The van der Waals surface area contributed by atoms with E-state index < -0.39 is 0 Å². The maximum absolute atomic E-state index is 12.9. The Balaban J connectivity index is 1.62. The summed E-state index contributed by atoms with van der Waals surface area (Å²) in [4.78, 5) is 29.0. The number of amides is 2. The maximum atomic E-state index is 12.9. The van der Waals surface area contributed by atoms with Crippen LogP contribution in [0.15, 0.2) is 54.1 Å². The molecule has 2 aromatic carbocycles. The van der Waals surface area contributed by atoms with Gasteiger partial charge in [0.1, 0.15) is 0 Å². The molecule has 0 atom stereocenters. The molecule has 2 amide bonds. The molecule has 0 radical (unpaired) electrons. The molecule has 0 N–H and O–H groups in total. The molecule has 0 unspecified atom stereocenters. The normalized spacial score (nSPS) is 17.3. The van der Waals surface area contributed by atoms with E-state index in [1.807, 2.05) is 6.08 Å². The molecule has 2 aliphatic rings. The second-order valence-corrected chi connectivity index (χ2v) is 12.4. The van der Waals surface area contributed by atoms with Crippen LogP contribution in [0, 0.1) is 0 Å². The summed E-state index contributed by atoms with van der Waals surface area (Å²) in [6, 6.07) is 17.4. The van der Waals surface area contributed by atoms with Crippen molar-refractivity contribution in [2.24, 2.45) is 0 Å². The topological polar surface area (TPSA) is 45.6 Å². The number of hydrogen-bond acceptors (Lipinski definition) is 2. The molecule has 2 aromatic heterocycles. The number of benzene rings is 2. The van der Waals surface area contributed by atoms with E-state index in [9.17, 15) is 9.59 Å². The molecule has 4 aromatic rings. The van der Waals surface area contributed by atoms with E-state index in [1.165, 1.54) is 37.5 Å². The summed E-state index contributed by atoms with van der Waals surface area (Å²) < 4.78 is 5.42. The van der Waals surface area contributed by atoms with Crippen molar-refractivity contribution in [2.75, 3.05) is 14.1 Å². The number of fused-ring (bicyclic) bond motifs is 5. The van der Waals surface area contributed by atoms with Crippen LogP contribution in [0.25, 0.3) is 32.4 Å². The van der Waals surface area contributed by atoms with E-state index in [-0.39, 0.29) is 37.3 Å². The van der Waals surface area contributed by atoms with Gasteiger partial charge in [0.25, 0.3) is 0 Å². The monoisotopic (exact) mass is 617 g/mol. The molecule has 4 heterocycles. The number of likely N-dealkylation sites (N-methyl/N-ethyl adjacent to an activating group) is 2. The Hall–Kier alpha value is -2.42. The predicted octanol–water partition coefficient (Wildman–Crippen LogP) is 3.05. The van der Waals surface area contributed by atoms with Gasteiger partial charge in [-0.15, -0.1) is 0 Å². The molecule has 0 aliphatic carbocycles. The molecule has 0 saturated carbocycles. The van der Waals surface area contributed by atoms with Crippen molar-refractivity contribution < 1.29 is 9.59 Å². The Labute approximate surface area is 210 Å². The van der Waals surface area contributed by atoms with Gasteiger partial charge >= 0.3 is 211 Å². The van der Waals surface area contributed by atoms with E-state index >= 15 is 0 Å². The first-order chi connectivity index (χ1) is 15.7. The van der Waals surface area contributed by atoms with E-state index in [0.29, 0.717) is 3.80 Å². The third kappa shape index (κ3) is 2.74. The van der Waals surface area contributed by atoms with Crippen molar-refractivity contribution in [3.63, 3.8) is 0 Å². The number of carbonyl (C=O) groups is 2. The van der Waals surface area contributed by atoms with Gasteiger partial charge in [-0.1, -0.05) is 0 Å². The Morgan fingerprint density at radius 3 is 2.30 bits per heavy atom. The fraction of sp³-hybridized carbons (Fsp3) is 0.192. The first-order valence-electron chi connectivity index (χ1n) is 10.7. The van der Waals surface area contributed by atoms with Crippen LogP contribution in [0.5, 0.6) is 0 Å². The van der Waals surface area contributed by atoms with Gasteiger partial charge in [-0.2, -0.15) is 0 Å². The van der Waals surface area contributed by atoms with Gasteiger partial charge in [-0.3, -0.25) is 0 Å². The predicted molar refractivity (Wildman–Crippen MR) is 134 cm³/mol. The zero-order valence-corrected chi connectivity index (χ0v) is 22.7. The number of aromatic nitrogens is 1. The molecule has 33 heavy (non-hydrogen) atoms. The van der Waals surface area contributed by atoms with Crippen molar-refractivity contribution in [2.45, 2.75) is 19.3 Å². The van der Waals surface area contributed by atoms with Crippen LogP contribution in [0.2, 0.25) is 0 Å². The molecular formula is C26H21N3O2SeTe. The van der Waals surface area contributed by atoms with E-state index in [2.05, 4.69) is 66.9 Å². The van der Waals surface area contributed by atoms with Crippen LogP contribution in [0.3, 0.4) is 0 Å². The second-order valence-electron chi connectivity index (χ2n) is 9.12. The Morgan fingerprint density at radius 2 is 1.58 bits per heavy atom. The van der Waals surface area contributed by atoms with Crippen LogP contribution in [-0.4, -0.2) is 80.4 Å². The van der Waals surface area contributed by atoms with Crippen molar-refractivity contribution in [3.8, 4) is 4.56 Å². The molecule has 1 fully saturated rings. The fourth-order valence-corrected chi connectivity index (χ4v) is 8.24. The Bertz CT molecular complexity index is 1560. The summed E-state index contributed by atoms with van der Waals surface area (Å²) in [5, 5.41) is 2.53. The fourth-order valence-electron chi connectivity index (χ4n) is 5.08. The van der Waals surface area contributed by atoms with Crippen molar-refractivity contribution in [1.29, 1.82) is 0 Å². The molecule has 1 saturated heterocycles. The summed E-state index contributed by atoms with van der Waals surface area (Å²) in [5.74, 6) is -0.479. The molecule has 164 valence electrons. The summed E-state index contributed by atoms with van der Waals surface area (Å²) in [6.07, 6.45) is 1.83. The van der Waals surface area contributed by atoms with Gasteiger partial charge in [0.05, 0.1) is 0 Å². The third-order valence-electron chi connectivity index (χ3n) is 6.91. The first-order valence-corrected chi connectivity index (χ1v) is 13.6. The van der Waals surface area contributed by atoms with Gasteiger partial charge < -0.3 is 0 Å². The van der Waals surface area contributed by atoms with E-state index in [4.69, 9.17) is 0 Å². The molecule has 7 heteroatoms. The SMILES string of the molecule is CN1C(=O)C(=Cc2cc3c([se]2)-n2c4ccccc4c4cccc(c42)C3(C)C)C(=O)N(C)C1=[Te]. The van der Waals surface area contributed by atoms with Crippen LogP contribution >= 0.6 is 0 Å². The number of carbonyl (C=O) groups excluding carboxylic acids is 2. The number of rotatable bonds is 1. The molecule has 0 bridgehead atoms.